The van der Waals surface area contributed by atoms with E-state index in [1.165, 1.54) is 0 Å². The van der Waals surface area contributed by atoms with E-state index >= 15 is 0 Å². The molecule has 0 saturated carbocycles. The van der Waals surface area contributed by atoms with Crippen molar-refractivity contribution in [3.8, 4) is 0 Å². The Morgan fingerprint density at radius 1 is 1.37 bits per heavy atom. The van der Waals surface area contributed by atoms with E-state index < -0.39 is 0 Å². The van der Waals surface area contributed by atoms with Crippen LogP contribution in [0, 0.1) is 5.92 Å². The Labute approximate surface area is 111 Å². The summed E-state index contributed by atoms with van der Waals surface area (Å²) in [6.45, 7) is 2.22. The summed E-state index contributed by atoms with van der Waals surface area (Å²) in [7, 11) is 0. The van der Waals surface area contributed by atoms with Crippen molar-refractivity contribution in [1.29, 1.82) is 0 Å². The molecule has 1 fully saturated rings. The molecule has 0 radical (unpaired) electrons. The standard InChI is InChI=1S/C14H17N3O2/c18-13(9-3-2-6-15-7-9)17-12-5-1-4-10-11(12)8-16-14(10)19/h1,4-5,9,15H,2-3,6-8H2,(H,16,19)(H,17,18)/t9-/m1/s1. The highest BCUT2D eigenvalue weighted by molar-refractivity contribution is 6.02. The zero-order valence-electron chi connectivity index (χ0n) is 10.7. The number of carbonyl (C=O) groups excluding carboxylic acids is 2. The predicted molar refractivity (Wildman–Crippen MR) is 71.8 cm³/mol. The van der Waals surface area contributed by atoms with Gasteiger partial charge in [0.1, 0.15) is 0 Å². The van der Waals surface area contributed by atoms with E-state index in [-0.39, 0.29) is 17.7 Å². The maximum Gasteiger partial charge on any atom is 0.251 e. The second-order valence-electron chi connectivity index (χ2n) is 5.05. The molecule has 2 amide bonds. The minimum atomic E-state index is -0.0644. The molecule has 5 nitrogen and oxygen atoms in total. The summed E-state index contributed by atoms with van der Waals surface area (Å²) in [6.07, 6.45) is 1.95. The Bertz CT molecular complexity index is 521. The van der Waals surface area contributed by atoms with Crippen LogP contribution >= 0.6 is 0 Å². The van der Waals surface area contributed by atoms with Gasteiger partial charge in [-0.1, -0.05) is 6.07 Å². The fourth-order valence-electron chi connectivity index (χ4n) is 2.68. The van der Waals surface area contributed by atoms with E-state index in [1.54, 1.807) is 12.1 Å². The van der Waals surface area contributed by atoms with Gasteiger partial charge in [-0.25, -0.2) is 0 Å². The van der Waals surface area contributed by atoms with E-state index in [2.05, 4.69) is 16.0 Å². The molecule has 1 saturated heterocycles. The Balaban J connectivity index is 1.77. The number of fused-ring (bicyclic) bond motifs is 1. The molecule has 5 heteroatoms. The van der Waals surface area contributed by atoms with E-state index in [0.29, 0.717) is 12.1 Å². The van der Waals surface area contributed by atoms with Gasteiger partial charge in [-0.15, -0.1) is 0 Å². The van der Waals surface area contributed by atoms with Crippen molar-refractivity contribution in [2.75, 3.05) is 18.4 Å². The van der Waals surface area contributed by atoms with Crippen LogP contribution in [0.15, 0.2) is 18.2 Å². The second-order valence-corrected chi connectivity index (χ2v) is 5.05. The van der Waals surface area contributed by atoms with Crippen molar-refractivity contribution >= 4 is 17.5 Å². The Morgan fingerprint density at radius 2 is 2.26 bits per heavy atom. The molecule has 2 heterocycles. The first-order chi connectivity index (χ1) is 9.25. The normalized spacial score (nSPS) is 21.7. The molecule has 0 unspecified atom stereocenters. The van der Waals surface area contributed by atoms with Gasteiger partial charge in [0.2, 0.25) is 5.91 Å². The predicted octanol–water partition coefficient (Wildman–Crippen LogP) is 0.868. The molecule has 2 aliphatic rings. The third kappa shape index (κ3) is 2.33. The molecular formula is C14H17N3O2. The average molecular weight is 259 g/mol. The molecule has 0 aliphatic carbocycles. The molecule has 0 aromatic heterocycles. The Hall–Kier alpha value is -1.88. The summed E-state index contributed by atoms with van der Waals surface area (Å²) in [5.41, 5.74) is 2.32. The number of rotatable bonds is 2. The van der Waals surface area contributed by atoms with Crippen molar-refractivity contribution in [3.63, 3.8) is 0 Å². The van der Waals surface area contributed by atoms with Crippen molar-refractivity contribution in [3.05, 3.63) is 29.3 Å². The zero-order valence-corrected chi connectivity index (χ0v) is 10.7. The highest BCUT2D eigenvalue weighted by atomic mass is 16.2. The first-order valence-electron chi connectivity index (χ1n) is 6.67. The Morgan fingerprint density at radius 3 is 3.05 bits per heavy atom. The van der Waals surface area contributed by atoms with Crippen LogP contribution in [0.4, 0.5) is 5.69 Å². The molecule has 2 aliphatic heterocycles. The van der Waals surface area contributed by atoms with Crippen molar-refractivity contribution in [2.45, 2.75) is 19.4 Å². The van der Waals surface area contributed by atoms with Gasteiger partial charge in [0, 0.05) is 29.9 Å². The summed E-state index contributed by atoms with van der Waals surface area (Å²) in [4.78, 5) is 23.8. The average Bonchev–Trinajstić information content (AvgIpc) is 2.83. The first kappa shape index (κ1) is 12.2. The fourth-order valence-corrected chi connectivity index (χ4v) is 2.68. The minimum Gasteiger partial charge on any atom is -0.348 e. The third-order valence-corrected chi connectivity index (χ3v) is 3.77. The molecule has 3 rings (SSSR count). The summed E-state index contributed by atoms with van der Waals surface area (Å²) >= 11 is 0. The number of hydrogen-bond acceptors (Lipinski definition) is 3. The largest absolute Gasteiger partial charge is 0.348 e. The van der Waals surface area contributed by atoms with Crippen LogP contribution in [-0.2, 0) is 11.3 Å². The van der Waals surface area contributed by atoms with E-state index in [1.807, 2.05) is 6.07 Å². The molecule has 3 N–H and O–H groups in total. The van der Waals surface area contributed by atoms with Gasteiger partial charge >= 0.3 is 0 Å². The van der Waals surface area contributed by atoms with Gasteiger partial charge in [-0.2, -0.15) is 0 Å². The lowest BCUT2D eigenvalue weighted by Crippen LogP contribution is -2.37. The molecule has 0 bridgehead atoms. The van der Waals surface area contributed by atoms with Crippen LogP contribution in [0.2, 0.25) is 0 Å². The van der Waals surface area contributed by atoms with Crippen LogP contribution in [0.25, 0.3) is 0 Å². The molecule has 100 valence electrons. The van der Waals surface area contributed by atoms with Gasteiger partial charge in [-0.05, 0) is 31.5 Å². The van der Waals surface area contributed by atoms with Crippen LogP contribution < -0.4 is 16.0 Å². The lowest BCUT2D eigenvalue weighted by Gasteiger charge is -2.22. The molecule has 0 spiro atoms. The van der Waals surface area contributed by atoms with Crippen molar-refractivity contribution < 1.29 is 9.59 Å². The topological polar surface area (TPSA) is 70.2 Å². The minimum absolute atomic E-state index is 0.0228. The van der Waals surface area contributed by atoms with Crippen molar-refractivity contribution in [1.82, 2.24) is 10.6 Å². The second kappa shape index (κ2) is 5.01. The van der Waals surface area contributed by atoms with E-state index in [0.717, 1.165) is 37.2 Å². The molecular weight excluding hydrogens is 242 g/mol. The quantitative estimate of drug-likeness (QED) is 0.738. The van der Waals surface area contributed by atoms with Crippen LogP contribution in [-0.4, -0.2) is 24.9 Å². The highest BCUT2D eigenvalue weighted by Crippen LogP contribution is 2.25. The van der Waals surface area contributed by atoms with Gasteiger partial charge in [-0.3, -0.25) is 9.59 Å². The highest BCUT2D eigenvalue weighted by Gasteiger charge is 2.25. The maximum absolute atomic E-state index is 12.2. The number of nitrogens with one attached hydrogen (secondary N) is 3. The van der Waals surface area contributed by atoms with Gasteiger partial charge in [0.15, 0.2) is 0 Å². The number of benzene rings is 1. The summed E-state index contributed by atoms with van der Waals surface area (Å²) in [5, 5.41) is 8.97. The van der Waals surface area contributed by atoms with Crippen molar-refractivity contribution in [2.24, 2.45) is 5.92 Å². The zero-order chi connectivity index (χ0) is 13.2. The lowest BCUT2D eigenvalue weighted by atomic mass is 9.98. The maximum atomic E-state index is 12.2. The van der Waals surface area contributed by atoms with E-state index in [4.69, 9.17) is 0 Å². The number of amides is 2. The molecule has 19 heavy (non-hydrogen) atoms. The van der Waals surface area contributed by atoms with Gasteiger partial charge in [0.05, 0.1) is 5.92 Å². The van der Waals surface area contributed by atoms with Crippen LogP contribution in [0.1, 0.15) is 28.8 Å². The number of anilines is 1. The summed E-state index contributed by atoms with van der Waals surface area (Å²) < 4.78 is 0. The van der Waals surface area contributed by atoms with Crippen LogP contribution in [0.3, 0.4) is 0 Å². The number of piperidine rings is 1. The number of carbonyl (C=O) groups is 2. The summed E-state index contributed by atoms with van der Waals surface area (Å²) in [6, 6.07) is 5.45. The smallest absolute Gasteiger partial charge is 0.251 e. The Kier molecular flexibility index (Phi) is 3.21. The lowest BCUT2D eigenvalue weighted by molar-refractivity contribution is -0.120. The van der Waals surface area contributed by atoms with Crippen LogP contribution in [0.5, 0.6) is 0 Å². The molecule has 1 atom stereocenters. The monoisotopic (exact) mass is 259 g/mol. The SMILES string of the molecule is O=C1NCc2c(NC(=O)[C@@H]3CCCNC3)cccc21. The van der Waals surface area contributed by atoms with Gasteiger partial charge < -0.3 is 16.0 Å². The molecule has 1 aromatic rings. The van der Waals surface area contributed by atoms with E-state index in [9.17, 15) is 9.59 Å². The molecule has 1 aromatic carbocycles. The third-order valence-electron chi connectivity index (χ3n) is 3.77. The first-order valence-corrected chi connectivity index (χ1v) is 6.67. The van der Waals surface area contributed by atoms with Gasteiger partial charge in [0.25, 0.3) is 5.91 Å². The fraction of sp³-hybridized carbons (Fsp3) is 0.429. The number of hydrogen-bond donors (Lipinski definition) is 3. The summed E-state index contributed by atoms with van der Waals surface area (Å²) in [5.74, 6) is 0.0000471.